The van der Waals surface area contributed by atoms with E-state index in [1.54, 1.807) is 16.8 Å². The van der Waals surface area contributed by atoms with Crippen molar-refractivity contribution >= 4 is 32.8 Å². The first-order valence-corrected chi connectivity index (χ1v) is 12.4. The van der Waals surface area contributed by atoms with E-state index in [1.165, 1.54) is 16.4 Å². The molecule has 3 heterocycles. The monoisotopic (exact) mass is 484 g/mol. The molecule has 0 saturated carbocycles. The molecule has 0 spiro atoms. The van der Waals surface area contributed by atoms with Gasteiger partial charge in [-0.3, -0.25) is 4.79 Å². The predicted octanol–water partition coefficient (Wildman–Crippen LogP) is 2.78. The number of nitrogens with zero attached hydrogens (tertiary/aromatic N) is 5. The van der Waals surface area contributed by atoms with Gasteiger partial charge in [-0.2, -0.15) is 4.31 Å². The van der Waals surface area contributed by atoms with Crippen molar-refractivity contribution in [2.45, 2.75) is 30.2 Å². The molecule has 33 heavy (non-hydrogen) atoms. The number of H-pyrrole nitrogens is 1. The van der Waals surface area contributed by atoms with Crippen molar-refractivity contribution in [2.24, 2.45) is 0 Å². The van der Waals surface area contributed by atoms with Gasteiger partial charge in [0.1, 0.15) is 5.82 Å². The molecule has 4 aromatic rings. The third-order valence-corrected chi connectivity index (χ3v) is 8.02. The lowest BCUT2D eigenvalue weighted by molar-refractivity contribution is 0.313. The van der Waals surface area contributed by atoms with Crippen molar-refractivity contribution in [1.82, 2.24) is 29.3 Å². The Hall–Kier alpha value is -3.08. The number of piperidine rings is 1. The predicted molar refractivity (Wildman–Crippen MR) is 124 cm³/mol. The number of hydrogen-bond donors (Lipinski definition) is 1. The molecule has 0 amide bonds. The molecule has 5 rings (SSSR count). The van der Waals surface area contributed by atoms with Gasteiger partial charge in [-0.05, 0) is 42.7 Å². The van der Waals surface area contributed by atoms with Crippen molar-refractivity contribution in [1.29, 1.82) is 0 Å². The first kappa shape index (κ1) is 21.7. The highest BCUT2D eigenvalue weighted by molar-refractivity contribution is 7.89. The minimum Gasteiger partial charge on any atom is -0.308 e. The lowest BCUT2D eigenvalue weighted by Gasteiger charge is -2.30. The summed E-state index contributed by atoms with van der Waals surface area (Å²) < 4.78 is 29.0. The number of nitrogens with one attached hydrogen (secondary N) is 1. The number of benzene rings is 2. The van der Waals surface area contributed by atoms with Crippen LogP contribution in [0.2, 0.25) is 5.02 Å². The summed E-state index contributed by atoms with van der Waals surface area (Å²) in [4.78, 5) is 20.3. The summed E-state index contributed by atoms with van der Waals surface area (Å²) in [5, 5.41) is 8.59. The molecule has 0 aliphatic carbocycles. The van der Waals surface area contributed by atoms with E-state index in [9.17, 15) is 13.2 Å². The van der Waals surface area contributed by atoms with Gasteiger partial charge in [-0.1, -0.05) is 47.1 Å². The average molecular weight is 485 g/mol. The SMILES string of the molecule is O=c1[nH]c(C2CCN(S(=O)(=O)c3ccc(Cl)cc3)CC2)nc2c1nnn2Cc1ccccc1. The van der Waals surface area contributed by atoms with Crippen LogP contribution in [0.4, 0.5) is 0 Å². The van der Waals surface area contributed by atoms with E-state index in [2.05, 4.69) is 20.3 Å². The molecule has 11 heteroatoms. The molecule has 9 nitrogen and oxygen atoms in total. The highest BCUT2D eigenvalue weighted by Crippen LogP contribution is 2.29. The Morgan fingerprint density at radius 1 is 1.03 bits per heavy atom. The third-order valence-electron chi connectivity index (χ3n) is 5.86. The van der Waals surface area contributed by atoms with Gasteiger partial charge >= 0.3 is 0 Å². The zero-order valence-electron chi connectivity index (χ0n) is 17.6. The van der Waals surface area contributed by atoms with Crippen LogP contribution in [0.3, 0.4) is 0 Å². The van der Waals surface area contributed by atoms with Crippen LogP contribution in [0.1, 0.15) is 30.1 Å². The number of rotatable bonds is 5. The van der Waals surface area contributed by atoms with E-state index in [4.69, 9.17) is 11.6 Å². The second-order valence-corrected chi connectivity index (χ2v) is 10.4. The van der Waals surface area contributed by atoms with E-state index in [0.717, 1.165) is 5.56 Å². The van der Waals surface area contributed by atoms with Gasteiger partial charge in [0.15, 0.2) is 11.2 Å². The van der Waals surface area contributed by atoms with Crippen molar-refractivity contribution in [3.63, 3.8) is 0 Å². The lowest BCUT2D eigenvalue weighted by atomic mass is 9.97. The molecule has 1 aliphatic rings. The van der Waals surface area contributed by atoms with Gasteiger partial charge in [-0.15, -0.1) is 5.10 Å². The Balaban J connectivity index is 1.37. The van der Waals surface area contributed by atoms with Crippen molar-refractivity contribution in [2.75, 3.05) is 13.1 Å². The van der Waals surface area contributed by atoms with Crippen LogP contribution in [0.25, 0.3) is 11.2 Å². The maximum atomic E-state index is 12.9. The molecule has 0 radical (unpaired) electrons. The molecule has 1 N–H and O–H groups in total. The first-order chi connectivity index (χ1) is 15.9. The normalized spacial score (nSPS) is 15.8. The van der Waals surface area contributed by atoms with Crippen LogP contribution in [0.5, 0.6) is 0 Å². The Morgan fingerprint density at radius 3 is 2.42 bits per heavy atom. The number of sulfonamides is 1. The molecule has 1 fully saturated rings. The Morgan fingerprint density at radius 2 is 1.73 bits per heavy atom. The summed E-state index contributed by atoms with van der Waals surface area (Å²) in [7, 11) is -3.60. The van der Waals surface area contributed by atoms with Crippen molar-refractivity contribution < 1.29 is 8.42 Å². The maximum absolute atomic E-state index is 12.9. The smallest absolute Gasteiger partial charge is 0.281 e. The van der Waals surface area contributed by atoms with Gasteiger partial charge in [0.2, 0.25) is 10.0 Å². The van der Waals surface area contributed by atoms with Crippen molar-refractivity contribution in [3.8, 4) is 0 Å². The molecule has 2 aromatic carbocycles. The highest BCUT2D eigenvalue weighted by atomic mass is 35.5. The number of halogens is 1. The number of fused-ring (bicyclic) bond motifs is 1. The summed E-state index contributed by atoms with van der Waals surface area (Å²) >= 11 is 5.88. The fourth-order valence-corrected chi connectivity index (χ4v) is 5.66. The van der Waals surface area contributed by atoms with E-state index >= 15 is 0 Å². The summed E-state index contributed by atoms with van der Waals surface area (Å²) in [6, 6.07) is 15.9. The Kier molecular flexibility index (Phi) is 5.73. The van der Waals surface area contributed by atoms with Crippen LogP contribution in [-0.2, 0) is 16.6 Å². The standard InChI is InChI=1S/C22H21ClN6O3S/c23-17-6-8-18(9-7-17)33(31,32)28-12-10-16(11-13-28)20-24-21-19(22(30)25-20)26-27-29(21)14-15-4-2-1-3-5-15/h1-9,16H,10-14H2,(H,24,25,30). The topological polar surface area (TPSA) is 114 Å². The number of hydrogen-bond acceptors (Lipinski definition) is 6. The first-order valence-electron chi connectivity index (χ1n) is 10.5. The zero-order chi connectivity index (χ0) is 23.0. The van der Waals surface area contributed by atoms with Crippen LogP contribution in [-0.4, -0.2) is 50.8 Å². The van der Waals surface area contributed by atoms with Gasteiger partial charge in [0.25, 0.3) is 5.56 Å². The fraction of sp³-hybridized carbons (Fsp3) is 0.273. The molecule has 1 saturated heterocycles. The van der Waals surface area contributed by atoms with Gasteiger partial charge in [0.05, 0.1) is 11.4 Å². The van der Waals surface area contributed by atoms with Crippen LogP contribution in [0.15, 0.2) is 64.3 Å². The second-order valence-electron chi connectivity index (χ2n) is 7.99. The molecule has 0 unspecified atom stereocenters. The molecule has 1 aliphatic heterocycles. The minimum absolute atomic E-state index is 0.0705. The molecule has 0 atom stereocenters. The van der Waals surface area contributed by atoms with E-state index in [1.807, 2.05) is 30.3 Å². The van der Waals surface area contributed by atoms with E-state index in [-0.39, 0.29) is 21.9 Å². The summed E-state index contributed by atoms with van der Waals surface area (Å²) in [5.74, 6) is 0.464. The Bertz CT molecular complexity index is 1440. The average Bonchev–Trinajstić information content (AvgIpc) is 3.23. The number of aromatic amines is 1. The largest absolute Gasteiger partial charge is 0.308 e. The second kappa shape index (κ2) is 8.69. The minimum atomic E-state index is -3.60. The quantitative estimate of drug-likeness (QED) is 0.466. The van der Waals surface area contributed by atoms with E-state index in [0.29, 0.717) is 49.0 Å². The van der Waals surface area contributed by atoms with Gasteiger partial charge < -0.3 is 4.98 Å². The van der Waals surface area contributed by atoms with Crippen LogP contribution < -0.4 is 5.56 Å². The van der Waals surface area contributed by atoms with E-state index < -0.39 is 10.0 Å². The zero-order valence-corrected chi connectivity index (χ0v) is 19.1. The highest BCUT2D eigenvalue weighted by Gasteiger charge is 2.31. The molecule has 2 aromatic heterocycles. The fourth-order valence-electron chi connectivity index (χ4n) is 4.06. The molecular weight excluding hydrogens is 464 g/mol. The van der Waals surface area contributed by atoms with Gasteiger partial charge in [-0.25, -0.2) is 18.1 Å². The summed E-state index contributed by atoms with van der Waals surface area (Å²) in [6.07, 6.45) is 1.09. The lowest BCUT2D eigenvalue weighted by Crippen LogP contribution is -2.38. The summed E-state index contributed by atoms with van der Waals surface area (Å²) in [6.45, 7) is 1.11. The molecule has 170 valence electrons. The Labute approximate surface area is 195 Å². The van der Waals surface area contributed by atoms with Crippen LogP contribution in [0, 0.1) is 0 Å². The number of aromatic nitrogens is 5. The summed E-state index contributed by atoms with van der Waals surface area (Å²) in [5.41, 5.74) is 1.30. The molecule has 0 bridgehead atoms. The molecular formula is C22H21ClN6O3S. The van der Waals surface area contributed by atoms with Crippen molar-refractivity contribution in [3.05, 3.63) is 81.4 Å². The third kappa shape index (κ3) is 4.29. The van der Waals surface area contributed by atoms with Crippen LogP contribution >= 0.6 is 11.6 Å². The van der Waals surface area contributed by atoms with Gasteiger partial charge in [0, 0.05) is 24.0 Å². The maximum Gasteiger partial charge on any atom is 0.281 e.